The van der Waals surface area contributed by atoms with Crippen molar-refractivity contribution >= 4 is 45.8 Å². The highest BCUT2D eigenvalue weighted by Crippen LogP contribution is 2.44. The molecule has 0 N–H and O–H groups in total. The SMILES string of the molecule is Cc1ccc(Cl)c(-c2c(Cl)n(C(C)(C)C)c3ncnc(Cl)c23)c1. The van der Waals surface area contributed by atoms with Gasteiger partial charge in [0.2, 0.25) is 0 Å². The van der Waals surface area contributed by atoms with Crippen LogP contribution in [-0.2, 0) is 5.54 Å². The lowest BCUT2D eigenvalue weighted by Gasteiger charge is -2.23. The van der Waals surface area contributed by atoms with Crippen LogP contribution in [0.2, 0.25) is 15.3 Å². The molecule has 0 fully saturated rings. The van der Waals surface area contributed by atoms with E-state index < -0.39 is 0 Å². The molecule has 3 nitrogen and oxygen atoms in total. The molecule has 0 aliphatic heterocycles. The molecular formula is C17H16Cl3N3. The van der Waals surface area contributed by atoms with Crippen molar-refractivity contribution in [1.82, 2.24) is 14.5 Å². The predicted molar refractivity (Wildman–Crippen MR) is 97.7 cm³/mol. The minimum atomic E-state index is -0.262. The number of hydrogen-bond acceptors (Lipinski definition) is 2. The van der Waals surface area contributed by atoms with Crippen LogP contribution in [-0.4, -0.2) is 14.5 Å². The Bertz CT molecular complexity index is 908. The molecule has 1 aromatic carbocycles. The van der Waals surface area contributed by atoms with E-state index in [2.05, 4.69) is 30.7 Å². The van der Waals surface area contributed by atoms with Gasteiger partial charge < -0.3 is 4.57 Å². The molecule has 0 aliphatic rings. The van der Waals surface area contributed by atoms with Crippen molar-refractivity contribution in [2.45, 2.75) is 33.2 Å². The minimum Gasteiger partial charge on any atom is -0.310 e. The maximum absolute atomic E-state index is 6.75. The van der Waals surface area contributed by atoms with Crippen molar-refractivity contribution in [3.8, 4) is 11.1 Å². The molecule has 2 heterocycles. The Balaban J connectivity index is 2.51. The Labute approximate surface area is 150 Å². The smallest absolute Gasteiger partial charge is 0.147 e. The molecule has 23 heavy (non-hydrogen) atoms. The molecule has 0 radical (unpaired) electrons. The van der Waals surface area contributed by atoms with Crippen LogP contribution in [0.3, 0.4) is 0 Å². The molecule has 3 aromatic rings. The Morgan fingerprint density at radius 3 is 2.39 bits per heavy atom. The van der Waals surface area contributed by atoms with Gasteiger partial charge in [0.15, 0.2) is 0 Å². The zero-order chi connectivity index (χ0) is 16.9. The third kappa shape index (κ3) is 2.71. The van der Waals surface area contributed by atoms with E-state index in [0.717, 1.165) is 22.1 Å². The lowest BCUT2D eigenvalue weighted by molar-refractivity contribution is 0.409. The number of halogens is 3. The molecule has 0 unspecified atom stereocenters. The Kier molecular flexibility index (Phi) is 4.07. The molecule has 0 saturated heterocycles. The monoisotopic (exact) mass is 367 g/mol. The largest absolute Gasteiger partial charge is 0.310 e. The highest BCUT2D eigenvalue weighted by molar-refractivity contribution is 6.41. The molecule has 3 rings (SSSR count). The first kappa shape index (κ1) is 16.6. The first-order chi connectivity index (χ1) is 10.7. The molecule has 0 bridgehead atoms. The minimum absolute atomic E-state index is 0.262. The van der Waals surface area contributed by atoms with Crippen molar-refractivity contribution in [2.75, 3.05) is 0 Å². The van der Waals surface area contributed by atoms with E-state index in [1.807, 2.05) is 29.7 Å². The Morgan fingerprint density at radius 1 is 1.04 bits per heavy atom. The van der Waals surface area contributed by atoms with Gasteiger partial charge in [-0.25, -0.2) is 9.97 Å². The molecule has 0 spiro atoms. The van der Waals surface area contributed by atoms with Crippen LogP contribution >= 0.6 is 34.8 Å². The molecule has 0 saturated carbocycles. The van der Waals surface area contributed by atoms with Crippen LogP contribution in [0, 0.1) is 6.92 Å². The van der Waals surface area contributed by atoms with Gasteiger partial charge >= 0.3 is 0 Å². The maximum Gasteiger partial charge on any atom is 0.147 e. The first-order valence-corrected chi connectivity index (χ1v) is 8.32. The fraction of sp³-hybridized carbons (Fsp3) is 0.294. The van der Waals surface area contributed by atoms with Crippen LogP contribution in [0.25, 0.3) is 22.2 Å². The van der Waals surface area contributed by atoms with Gasteiger partial charge in [-0.15, -0.1) is 0 Å². The van der Waals surface area contributed by atoms with Gasteiger partial charge in [-0.3, -0.25) is 0 Å². The van der Waals surface area contributed by atoms with Crippen LogP contribution in [0.15, 0.2) is 24.5 Å². The summed E-state index contributed by atoms with van der Waals surface area (Å²) in [5, 5.41) is 2.27. The van der Waals surface area contributed by atoms with Crippen molar-refractivity contribution in [1.29, 1.82) is 0 Å². The van der Waals surface area contributed by atoms with Gasteiger partial charge in [-0.1, -0.05) is 46.4 Å². The summed E-state index contributed by atoms with van der Waals surface area (Å²) in [5.41, 5.74) is 3.14. The molecular weight excluding hydrogens is 353 g/mol. The summed E-state index contributed by atoms with van der Waals surface area (Å²) in [4.78, 5) is 8.53. The molecule has 0 atom stereocenters. The van der Waals surface area contributed by atoms with E-state index in [0.29, 0.717) is 21.0 Å². The fourth-order valence-electron chi connectivity index (χ4n) is 2.74. The lowest BCUT2D eigenvalue weighted by atomic mass is 10.0. The normalized spacial score (nSPS) is 12.1. The summed E-state index contributed by atoms with van der Waals surface area (Å²) in [6.07, 6.45) is 1.45. The quantitative estimate of drug-likeness (QED) is 0.484. The van der Waals surface area contributed by atoms with Gasteiger partial charge in [0, 0.05) is 21.7 Å². The van der Waals surface area contributed by atoms with Crippen molar-refractivity contribution in [2.24, 2.45) is 0 Å². The fourth-order valence-corrected chi connectivity index (χ4v) is 3.70. The number of nitrogens with zero attached hydrogens (tertiary/aromatic N) is 3. The van der Waals surface area contributed by atoms with Crippen LogP contribution < -0.4 is 0 Å². The highest BCUT2D eigenvalue weighted by Gasteiger charge is 2.28. The summed E-state index contributed by atoms with van der Waals surface area (Å²) < 4.78 is 1.96. The van der Waals surface area contributed by atoms with Crippen molar-refractivity contribution in [3.63, 3.8) is 0 Å². The topological polar surface area (TPSA) is 30.7 Å². The van der Waals surface area contributed by atoms with Crippen molar-refractivity contribution < 1.29 is 0 Å². The lowest BCUT2D eigenvalue weighted by Crippen LogP contribution is -2.22. The number of fused-ring (bicyclic) bond motifs is 1. The van der Waals surface area contributed by atoms with Crippen molar-refractivity contribution in [3.05, 3.63) is 45.4 Å². The summed E-state index contributed by atoms with van der Waals surface area (Å²) >= 11 is 19.5. The third-order valence-corrected chi connectivity index (χ3v) is 4.68. The second-order valence-electron chi connectivity index (χ2n) is 6.52. The second kappa shape index (κ2) is 5.66. The average molecular weight is 369 g/mol. The van der Waals surface area contributed by atoms with E-state index in [9.17, 15) is 0 Å². The van der Waals surface area contributed by atoms with Gasteiger partial charge in [0.25, 0.3) is 0 Å². The summed E-state index contributed by atoms with van der Waals surface area (Å²) in [7, 11) is 0. The standard InChI is InChI=1S/C17H16Cl3N3/c1-9-5-6-11(18)10(7-9)12-13-14(19)21-8-22-16(13)23(15(12)20)17(2,3)4/h5-8H,1-4H3. The summed E-state index contributed by atoms with van der Waals surface area (Å²) in [5.74, 6) is 0. The third-order valence-electron chi connectivity index (χ3n) is 3.71. The maximum atomic E-state index is 6.75. The van der Waals surface area contributed by atoms with Gasteiger partial charge in [-0.2, -0.15) is 0 Å². The van der Waals surface area contributed by atoms with Crippen LogP contribution in [0.5, 0.6) is 0 Å². The number of aryl methyl sites for hydroxylation is 1. The molecule has 2 aromatic heterocycles. The number of aromatic nitrogens is 3. The van der Waals surface area contributed by atoms with E-state index in [-0.39, 0.29) is 5.54 Å². The number of rotatable bonds is 1. The van der Waals surface area contributed by atoms with Gasteiger partial charge in [0.05, 0.1) is 5.39 Å². The first-order valence-electron chi connectivity index (χ1n) is 7.19. The second-order valence-corrected chi connectivity index (χ2v) is 7.64. The average Bonchev–Trinajstić information content (AvgIpc) is 2.75. The van der Waals surface area contributed by atoms with E-state index >= 15 is 0 Å². The van der Waals surface area contributed by atoms with Gasteiger partial charge in [-0.05, 0) is 39.8 Å². The molecule has 0 amide bonds. The van der Waals surface area contributed by atoms with Gasteiger partial charge in [0.1, 0.15) is 22.3 Å². The molecule has 120 valence electrons. The Hall–Kier alpha value is -1.29. The van der Waals surface area contributed by atoms with E-state index in [1.165, 1.54) is 6.33 Å². The van der Waals surface area contributed by atoms with Crippen LogP contribution in [0.4, 0.5) is 0 Å². The van der Waals surface area contributed by atoms with E-state index in [1.54, 1.807) is 0 Å². The zero-order valence-electron chi connectivity index (χ0n) is 13.3. The molecule has 0 aliphatic carbocycles. The highest BCUT2D eigenvalue weighted by atomic mass is 35.5. The number of benzene rings is 1. The zero-order valence-corrected chi connectivity index (χ0v) is 15.6. The number of hydrogen-bond donors (Lipinski definition) is 0. The van der Waals surface area contributed by atoms with Crippen LogP contribution in [0.1, 0.15) is 26.3 Å². The summed E-state index contributed by atoms with van der Waals surface area (Å²) in [6.45, 7) is 8.21. The summed E-state index contributed by atoms with van der Waals surface area (Å²) in [6, 6.07) is 5.82. The van der Waals surface area contributed by atoms with E-state index in [4.69, 9.17) is 34.8 Å². The Morgan fingerprint density at radius 2 is 1.74 bits per heavy atom. The molecule has 6 heteroatoms. The predicted octanol–water partition coefficient (Wildman–Crippen LogP) is 6.12.